The Labute approximate surface area is 224 Å². The van der Waals surface area contributed by atoms with E-state index in [1.165, 1.54) is 10.9 Å². The van der Waals surface area contributed by atoms with Crippen molar-refractivity contribution in [2.45, 2.75) is 51.2 Å². The zero-order valence-electron chi connectivity index (χ0n) is 22.7. The first kappa shape index (κ1) is 24.7. The van der Waals surface area contributed by atoms with Gasteiger partial charge in [-0.1, -0.05) is 31.2 Å². The van der Waals surface area contributed by atoms with Crippen LogP contribution in [0.1, 0.15) is 49.3 Å². The normalized spacial score (nSPS) is 20.8. The molecule has 2 saturated heterocycles. The fraction of sp³-hybridized carbons (Fsp3) is 0.419. The van der Waals surface area contributed by atoms with Gasteiger partial charge in [0.15, 0.2) is 0 Å². The van der Waals surface area contributed by atoms with E-state index in [2.05, 4.69) is 65.0 Å². The highest BCUT2D eigenvalue weighted by Crippen LogP contribution is 2.49. The van der Waals surface area contributed by atoms with Gasteiger partial charge in [0.1, 0.15) is 11.5 Å². The number of benzene rings is 2. The number of ether oxygens (including phenoxy) is 2. The number of methoxy groups -OCH3 is 2. The largest absolute Gasteiger partial charge is 0.497 e. The van der Waals surface area contributed by atoms with E-state index in [1.807, 2.05) is 23.2 Å². The molecule has 0 unspecified atom stereocenters. The third-order valence-electron chi connectivity index (χ3n) is 8.65. The molecule has 38 heavy (non-hydrogen) atoms. The Balaban J connectivity index is 1.28. The maximum atomic E-state index is 13.8. The van der Waals surface area contributed by atoms with Crippen LogP contribution in [-0.4, -0.2) is 65.1 Å². The van der Waals surface area contributed by atoms with Crippen LogP contribution < -0.4 is 9.47 Å². The summed E-state index contributed by atoms with van der Waals surface area (Å²) in [5, 5.41) is 1.18. The van der Waals surface area contributed by atoms with Crippen molar-refractivity contribution in [3.8, 4) is 11.5 Å². The van der Waals surface area contributed by atoms with Crippen molar-refractivity contribution in [1.82, 2.24) is 19.7 Å². The van der Waals surface area contributed by atoms with Crippen LogP contribution in [0, 0.1) is 0 Å². The Kier molecular flexibility index (Phi) is 6.26. The number of pyridine rings is 1. The third kappa shape index (κ3) is 3.91. The van der Waals surface area contributed by atoms with Crippen molar-refractivity contribution in [2.24, 2.45) is 0 Å². The molecule has 7 heteroatoms. The number of amides is 2. The standard InChI is InChI=1S/C31H36N4O3/c1-5-35-30(36)34-20-24-16-25(37-3)17-27(38-4)29(24)21(2)14-28(34)31(35)10-12-33(13-11-31)19-22-15-23-8-6-7-9-26(23)32-18-22/h6-9,14-18,21H,5,10-13,19-20H2,1-4H3/t21-/m0/s1. The summed E-state index contributed by atoms with van der Waals surface area (Å²) in [6.45, 7) is 8.27. The van der Waals surface area contributed by atoms with Crippen LogP contribution in [0.5, 0.6) is 11.5 Å². The lowest BCUT2D eigenvalue weighted by molar-refractivity contribution is 0.0888. The number of urea groups is 1. The van der Waals surface area contributed by atoms with Crippen molar-refractivity contribution in [3.05, 3.63) is 77.1 Å². The summed E-state index contributed by atoms with van der Waals surface area (Å²) in [6.07, 6.45) is 6.15. The highest BCUT2D eigenvalue weighted by molar-refractivity contribution is 5.83. The van der Waals surface area contributed by atoms with Crippen molar-refractivity contribution in [2.75, 3.05) is 33.9 Å². The van der Waals surface area contributed by atoms with Crippen LogP contribution in [0.3, 0.4) is 0 Å². The summed E-state index contributed by atoms with van der Waals surface area (Å²) in [7, 11) is 3.37. The van der Waals surface area contributed by atoms with Crippen LogP contribution in [0.2, 0.25) is 0 Å². The maximum Gasteiger partial charge on any atom is 0.325 e. The number of piperidine rings is 1. The minimum absolute atomic E-state index is 0.104. The number of carbonyl (C=O) groups is 1. The molecule has 3 aliphatic heterocycles. The number of carbonyl (C=O) groups excluding carboxylic acids is 1. The van der Waals surface area contributed by atoms with Gasteiger partial charge in [-0.25, -0.2) is 4.79 Å². The number of likely N-dealkylation sites (N-methyl/N-ethyl adjacent to an activating group) is 1. The number of nitrogens with zero attached hydrogens (tertiary/aromatic N) is 4. The topological polar surface area (TPSA) is 58.1 Å². The summed E-state index contributed by atoms with van der Waals surface area (Å²) in [6, 6.07) is 14.6. The number of fused-ring (bicyclic) bond motifs is 4. The quantitative estimate of drug-likeness (QED) is 0.449. The van der Waals surface area contributed by atoms with E-state index in [1.54, 1.807) is 14.2 Å². The Bertz CT molecular complexity index is 1410. The molecular formula is C31H36N4O3. The molecule has 6 rings (SSSR count). The van der Waals surface area contributed by atoms with E-state index in [4.69, 9.17) is 9.47 Å². The summed E-state index contributed by atoms with van der Waals surface area (Å²) >= 11 is 0. The lowest BCUT2D eigenvalue weighted by Crippen LogP contribution is -2.53. The molecule has 1 spiro atoms. The minimum atomic E-state index is -0.280. The molecule has 0 bridgehead atoms. The molecule has 0 saturated carbocycles. The van der Waals surface area contributed by atoms with Gasteiger partial charge in [-0.3, -0.25) is 14.8 Å². The molecule has 3 aliphatic rings. The number of para-hydroxylation sites is 1. The second-order valence-corrected chi connectivity index (χ2v) is 10.7. The van der Waals surface area contributed by atoms with Crippen LogP contribution in [-0.2, 0) is 13.1 Å². The van der Waals surface area contributed by atoms with E-state index in [-0.39, 0.29) is 17.5 Å². The van der Waals surface area contributed by atoms with Crippen molar-refractivity contribution in [3.63, 3.8) is 0 Å². The maximum absolute atomic E-state index is 13.8. The number of likely N-dealkylation sites (tertiary alicyclic amines) is 1. The molecule has 2 fully saturated rings. The van der Waals surface area contributed by atoms with Gasteiger partial charge in [0, 0.05) is 61.0 Å². The minimum Gasteiger partial charge on any atom is -0.497 e. The third-order valence-corrected chi connectivity index (χ3v) is 8.65. The Morgan fingerprint density at radius 2 is 1.87 bits per heavy atom. The molecule has 7 nitrogen and oxygen atoms in total. The molecular weight excluding hydrogens is 476 g/mol. The number of aromatic nitrogens is 1. The lowest BCUT2D eigenvalue weighted by Gasteiger charge is -2.44. The molecule has 0 aliphatic carbocycles. The van der Waals surface area contributed by atoms with E-state index in [0.29, 0.717) is 13.1 Å². The van der Waals surface area contributed by atoms with Gasteiger partial charge in [-0.05, 0) is 49.1 Å². The zero-order chi connectivity index (χ0) is 26.4. The fourth-order valence-corrected chi connectivity index (χ4v) is 6.81. The van der Waals surface area contributed by atoms with Crippen LogP contribution in [0.25, 0.3) is 10.9 Å². The van der Waals surface area contributed by atoms with Crippen LogP contribution >= 0.6 is 0 Å². The molecule has 1 aromatic heterocycles. The summed E-state index contributed by atoms with van der Waals surface area (Å²) in [5.74, 6) is 1.69. The van der Waals surface area contributed by atoms with Crippen molar-refractivity contribution in [1.29, 1.82) is 0 Å². The molecule has 3 aromatic rings. The molecule has 2 amide bonds. The summed E-state index contributed by atoms with van der Waals surface area (Å²) in [5.41, 5.74) is 5.36. The predicted octanol–water partition coefficient (Wildman–Crippen LogP) is 5.55. The number of allylic oxidation sites excluding steroid dienone is 1. The average Bonchev–Trinajstić information content (AvgIpc) is 3.04. The van der Waals surface area contributed by atoms with Crippen molar-refractivity contribution < 1.29 is 14.3 Å². The van der Waals surface area contributed by atoms with E-state index in [9.17, 15) is 4.79 Å². The Hall–Kier alpha value is -3.58. The first-order valence-electron chi connectivity index (χ1n) is 13.6. The van der Waals surface area contributed by atoms with Gasteiger partial charge in [-0.15, -0.1) is 0 Å². The fourth-order valence-electron chi connectivity index (χ4n) is 6.81. The SMILES string of the molecule is CCN1C(=O)N2Cc3cc(OC)cc(OC)c3[C@@H](C)C=C2C12CCN(Cc1cnc3ccccc3c1)CC2. The highest BCUT2D eigenvalue weighted by atomic mass is 16.5. The molecule has 4 heterocycles. The molecule has 198 valence electrons. The van der Waals surface area contributed by atoms with E-state index >= 15 is 0 Å². The van der Waals surface area contributed by atoms with Crippen LogP contribution in [0.4, 0.5) is 4.79 Å². The monoisotopic (exact) mass is 512 g/mol. The van der Waals surface area contributed by atoms with Gasteiger partial charge in [0.05, 0.1) is 31.8 Å². The zero-order valence-corrected chi connectivity index (χ0v) is 22.7. The Morgan fingerprint density at radius 1 is 1.08 bits per heavy atom. The van der Waals surface area contributed by atoms with Gasteiger partial charge < -0.3 is 14.4 Å². The molecule has 0 radical (unpaired) electrons. The van der Waals surface area contributed by atoms with Gasteiger partial charge in [0.25, 0.3) is 0 Å². The van der Waals surface area contributed by atoms with Crippen molar-refractivity contribution >= 4 is 16.9 Å². The Morgan fingerprint density at radius 3 is 2.61 bits per heavy atom. The van der Waals surface area contributed by atoms with Gasteiger partial charge in [0.2, 0.25) is 0 Å². The number of hydrogen-bond acceptors (Lipinski definition) is 5. The highest BCUT2D eigenvalue weighted by Gasteiger charge is 2.54. The molecule has 0 N–H and O–H groups in total. The molecule has 1 atom stereocenters. The smallest absolute Gasteiger partial charge is 0.325 e. The first-order valence-corrected chi connectivity index (χ1v) is 13.6. The van der Waals surface area contributed by atoms with Gasteiger partial charge in [-0.2, -0.15) is 0 Å². The number of hydrogen-bond donors (Lipinski definition) is 0. The van der Waals surface area contributed by atoms with E-state index in [0.717, 1.165) is 66.3 Å². The lowest BCUT2D eigenvalue weighted by atomic mass is 9.82. The predicted molar refractivity (Wildman–Crippen MR) is 148 cm³/mol. The number of rotatable bonds is 5. The van der Waals surface area contributed by atoms with Gasteiger partial charge >= 0.3 is 6.03 Å². The second-order valence-electron chi connectivity index (χ2n) is 10.7. The van der Waals surface area contributed by atoms with Crippen LogP contribution in [0.15, 0.2) is 60.4 Å². The summed E-state index contributed by atoms with van der Waals surface area (Å²) in [4.78, 5) is 25.1. The average molecular weight is 513 g/mol. The summed E-state index contributed by atoms with van der Waals surface area (Å²) < 4.78 is 11.3. The first-order chi connectivity index (χ1) is 18.5. The second kappa shape index (κ2) is 9.62. The molecule has 2 aromatic carbocycles. The van der Waals surface area contributed by atoms with E-state index < -0.39 is 0 Å².